The van der Waals surface area contributed by atoms with Gasteiger partial charge in [-0.15, -0.1) is 0 Å². The summed E-state index contributed by atoms with van der Waals surface area (Å²) in [5.74, 6) is -0.975. The molecule has 2 N–H and O–H groups in total. The van der Waals surface area contributed by atoms with Crippen LogP contribution in [0.15, 0.2) is 42.5 Å². The van der Waals surface area contributed by atoms with E-state index in [4.69, 9.17) is 0 Å². The Morgan fingerprint density at radius 1 is 1.11 bits per heavy atom. The van der Waals surface area contributed by atoms with Crippen molar-refractivity contribution in [3.63, 3.8) is 0 Å². The summed E-state index contributed by atoms with van der Waals surface area (Å²) in [7, 11) is 0. The number of amides is 1. The molecule has 2 aromatic rings. The summed E-state index contributed by atoms with van der Waals surface area (Å²) in [6.07, 6.45) is 2.64. The van der Waals surface area contributed by atoms with Crippen LogP contribution in [-0.4, -0.2) is 25.5 Å². The first kappa shape index (κ1) is 19.1. The number of piperidine rings is 1. The minimum atomic E-state index is -0.779. The number of carbonyl (C=O) groups excluding carboxylic acids is 1. The zero-order valence-electron chi connectivity index (χ0n) is 15.5. The Labute approximate surface area is 158 Å². The number of hydrogen-bond donors (Lipinski definition) is 2. The topological polar surface area (TPSA) is 44.4 Å². The van der Waals surface area contributed by atoms with Gasteiger partial charge in [0.25, 0.3) is 0 Å². The Morgan fingerprint density at radius 2 is 1.81 bits per heavy atom. The summed E-state index contributed by atoms with van der Waals surface area (Å²) in [4.78, 5) is 14.3. The van der Waals surface area contributed by atoms with Crippen LogP contribution >= 0.6 is 0 Å². The van der Waals surface area contributed by atoms with Gasteiger partial charge >= 0.3 is 0 Å². The molecule has 27 heavy (non-hydrogen) atoms. The fourth-order valence-corrected chi connectivity index (χ4v) is 3.18. The zero-order valence-corrected chi connectivity index (χ0v) is 15.5. The molecule has 1 heterocycles. The van der Waals surface area contributed by atoms with Crippen LogP contribution in [0.25, 0.3) is 0 Å². The fourth-order valence-electron chi connectivity index (χ4n) is 3.18. The van der Waals surface area contributed by atoms with Gasteiger partial charge in [-0.1, -0.05) is 6.92 Å². The Kier molecular flexibility index (Phi) is 6.27. The molecule has 4 nitrogen and oxygen atoms in total. The van der Waals surface area contributed by atoms with Gasteiger partial charge in [0.1, 0.15) is 11.6 Å². The largest absolute Gasteiger partial charge is 0.385 e. The third kappa shape index (κ3) is 5.42. The lowest BCUT2D eigenvalue weighted by atomic mass is 9.99. The third-order valence-corrected chi connectivity index (χ3v) is 4.90. The molecule has 0 atom stereocenters. The van der Waals surface area contributed by atoms with Crippen molar-refractivity contribution < 1.29 is 13.6 Å². The Morgan fingerprint density at radius 3 is 2.48 bits per heavy atom. The molecule has 2 aromatic carbocycles. The smallest absolute Gasteiger partial charge is 0.226 e. The predicted molar refractivity (Wildman–Crippen MR) is 105 cm³/mol. The average Bonchev–Trinajstić information content (AvgIpc) is 2.65. The van der Waals surface area contributed by atoms with Crippen LogP contribution in [0.1, 0.15) is 26.2 Å². The highest BCUT2D eigenvalue weighted by Gasteiger charge is 2.15. The van der Waals surface area contributed by atoms with Crippen molar-refractivity contribution in [3.05, 3.63) is 54.1 Å². The number of hydrogen-bond acceptors (Lipinski definition) is 3. The number of nitrogens with zero attached hydrogens (tertiary/aromatic N) is 1. The average molecular weight is 373 g/mol. The first-order valence-electron chi connectivity index (χ1n) is 9.35. The number of nitrogens with one attached hydrogen (secondary N) is 2. The van der Waals surface area contributed by atoms with E-state index in [1.807, 2.05) is 12.1 Å². The van der Waals surface area contributed by atoms with Gasteiger partial charge in [0.15, 0.2) is 0 Å². The van der Waals surface area contributed by atoms with Gasteiger partial charge in [0.05, 0.1) is 5.69 Å². The standard InChI is InChI=1S/C21H25F2N3O/c1-15-9-12-26(13-10-15)18-5-3-17(4-6-18)24-11-8-21(27)25-20-7-2-16(22)14-19(20)23/h2-7,14-15,24H,8-13H2,1H3,(H,25,27). The highest BCUT2D eigenvalue weighted by atomic mass is 19.1. The lowest BCUT2D eigenvalue weighted by Gasteiger charge is -2.32. The summed E-state index contributed by atoms with van der Waals surface area (Å²) in [6.45, 7) is 4.91. The molecule has 1 aliphatic rings. The van der Waals surface area contributed by atoms with Crippen molar-refractivity contribution in [1.29, 1.82) is 0 Å². The van der Waals surface area contributed by atoms with E-state index in [-0.39, 0.29) is 18.0 Å². The predicted octanol–water partition coefficient (Wildman–Crippen LogP) is 4.64. The highest BCUT2D eigenvalue weighted by molar-refractivity contribution is 5.91. The van der Waals surface area contributed by atoms with E-state index in [1.54, 1.807) is 0 Å². The van der Waals surface area contributed by atoms with Gasteiger partial charge in [-0.05, 0) is 55.2 Å². The fraction of sp³-hybridized carbons (Fsp3) is 0.381. The monoisotopic (exact) mass is 373 g/mol. The van der Waals surface area contributed by atoms with Crippen LogP contribution < -0.4 is 15.5 Å². The maximum absolute atomic E-state index is 13.5. The molecule has 0 aliphatic carbocycles. The molecular formula is C21H25F2N3O. The summed E-state index contributed by atoms with van der Waals surface area (Å²) in [5, 5.41) is 5.64. The van der Waals surface area contributed by atoms with E-state index in [9.17, 15) is 13.6 Å². The van der Waals surface area contributed by atoms with E-state index < -0.39 is 11.6 Å². The second kappa shape index (κ2) is 8.84. The van der Waals surface area contributed by atoms with Gasteiger partial charge in [-0.25, -0.2) is 8.78 Å². The van der Waals surface area contributed by atoms with Gasteiger partial charge < -0.3 is 15.5 Å². The molecule has 0 saturated carbocycles. The normalized spacial score (nSPS) is 14.9. The SMILES string of the molecule is CC1CCN(c2ccc(NCCC(=O)Nc3ccc(F)cc3F)cc2)CC1. The third-order valence-electron chi connectivity index (χ3n) is 4.90. The molecule has 144 valence electrons. The Hall–Kier alpha value is -2.63. The zero-order chi connectivity index (χ0) is 19.2. The minimum absolute atomic E-state index is 0.0124. The van der Waals surface area contributed by atoms with Crippen LogP contribution in [0.3, 0.4) is 0 Å². The van der Waals surface area contributed by atoms with Crippen molar-refractivity contribution >= 4 is 23.0 Å². The highest BCUT2D eigenvalue weighted by Crippen LogP contribution is 2.24. The molecular weight excluding hydrogens is 348 g/mol. The molecule has 3 rings (SSSR count). The van der Waals surface area contributed by atoms with Gasteiger partial charge in [-0.3, -0.25) is 4.79 Å². The number of benzene rings is 2. The number of halogens is 2. The molecule has 0 aromatic heterocycles. The lowest BCUT2D eigenvalue weighted by Crippen LogP contribution is -2.32. The summed E-state index contributed by atoms with van der Waals surface area (Å²) < 4.78 is 26.4. The number of carbonyl (C=O) groups is 1. The molecule has 1 amide bonds. The van der Waals surface area contributed by atoms with Crippen molar-refractivity contribution in [1.82, 2.24) is 0 Å². The lowest BCUT2D eigenvalue weighted by molar-refractivity contribution is -0.116. The summed E-state index contributed by atoms with van der Waals surface area (Å²) in [5.41, 5.74) is 2.14. The second-order valence-corrected chi connectivity index (χ2v) is 7.07. The summed E-state index contributed by atoms with van der Waals surface area (Å²) >= 11 is 0. The van der Waals surface area contributed by atoms with Gasteiger partial charge in [-0.2, -0.15) is 0 Å². The van der Waals surface area contributed by atoms with E-state index in [1.165, 1.54) is 24.6 Å². The van der Waals surface area contributed by atoms with Crippen LogP contribution in [0.5, 0.6) is 0 Å². The molecule has 1 fully saturated rings. The second-order valence-electron chi connectivity index (χ2n) is 7.07. The van der Waals surface area contributed by atoms with Crippen LogP contribution in [0.4, 0.5) is 25.8 Å². The first-order valence-corrected chi connectivity index (χ1v) is 9.35. The van der Waals surface area contributed by atoms with Crippen LogP contribution in [-0.2, 0) is 4.79 Å². The quantitative estimate of drug-likeness (QED) is 0.775. The molecule has 0 unspecified atom stereocenters. The van der Waals surface area contributed by atoms with Gasteiger partial charge in [0, 0.05) is 43.5 Å². The Balaban J connectivity index is 1.44. The van der Waals surface area contributed by atoms with Crippen molar-refractivity contribution in [2.24, 2.45) is 5.92 Å². The van der Waals surface area contributed by atoms with Crippen molar-refractivity contribution in [2.45, 2.75) is 26.2 Å². The Bertz CT molecular complexity index is 771. The van der Waals surface area contributed by atoms with Crippen LogP contribution in [0, 0.1) is 17.6 Å². The van der Waals surface area contributed by atoms with E-state index in [0.717, 1.165) is 36.8 Å². The molecule has 0 bridgehead atoms. The molecule has 0 radical (unpaired) electrons. The number of rotatable bonds is 6. The molecule has 6 heteroatoms. The molecule has 1 aliphatic heterocycles. The summed E-state index contributed by atoms with van der Waals surface area (Å²) in [6, 6.07) is 11.3. The molecule has 0 spiro atoms. The minimum Gasteiger partial charge on any atom is -0.385 e. The van der Waals surface area contributed by atoms with Crippen molar-refractivity contribution in [3.8, 4) is 0 Å². The maximum Gasteiger partial charge on any atom is 0.226 e. The molecule has 1 saturated heterocycles. The van der Waals surface area contributed by atoms with E-state index >= 15 is 0 Å². The van der Waals surface area contributed by atoms with Crippen molar-refractivity contribution in [2.75, 3.05) is 35.2 Å². The first-order chi connectivity index (χ1) is 13.0. The van der Waals surface area contributed by atoms with Crippen LogP contribution in [0.2, 0.25) is 0 Å². The van der Waals surface area contributed by atoms with Gasteiger partial charge in [0.2, 0.25) is 5.91 Å². The maximum atomic E-state index is 13.5. The number of anilines is 3. The van der Waals surface area contributed by atoms with E-state index in [0.29, 0.717) is 6.54 Å². The van der Waals surface area contributed by atoms with E-state index in [2.05, 4.69) is 34.6 Å².